The van der Waals surface area contributed by atoms with Crippen LogP contribution >= 0.6 is 17.3 Å². The maximum atomic E-state index is 8.38. The van der Waals surface area contributed by atoms with Crippen LogP contribution in [0.2, 0.25) is 9.41 Å². The molecular weight excluding hydrogens is 279 g/mol. The van der Waals surface area contributed by atoms with Crippen LogP contribution < -0.4 is 0 Å². The number of halogens is 1. The molecule has 0 amide bonds. The molecule has 82 valence electrons. The molecule has 0 N–H and O–H groups in total. The summed E-state index contributed by atoms with van der Waals surface area (Å²) in [4.78, 5) is 0. The fraction of sp³-hybridized carbons (Fsp3) is 0.889. The van der Waals surface area contributed by atoms with Crippen LogP contribution in [0.15, 0.2) is 0 Å². The van der Waals surface area contributed by atoms with E-state index in [2.05, 4.69) is 33.8 Å². The molecule has 2 nitrogen and oxygen atoms in total. The summed E-state index contributed by atoms with van der Waals surface area (Å²) in [5.74, 6) is 0. The Labute approximate surface area is 97.4 Å². The van der Waals surface area contributed by atoms with Crippen molar-refractivity contribution in [2.45, 2.75) is 43.5 Å². The molecule has 0 aliphatic heterocycles. The Kier molecular flexibility index (Phi) is 8.36. The first kappa shape index (κ1) is 14.7. The standard InChI is InChI=1S/C9H18AsClNOP/c1-8(2)10(9(3)4)14(11)13-7-5-6-12/h8-9H,5,7H2,1-4H3. The zero-order valence-electron chi connectivity index (χ0n) is 9.20. The first-order valence-electron chi connectivity index (χ1n) is 4.74. The SMILES string of the molecule is CC(C)[As](C(C)C)P(Cl)OCCC#N. The van der Waals surface area contributed by atoms with E-state index in [0.717, 1.165) is 0 Å². The van der Waals surface area contributed by atoms with E-state index in [0.29, 0.717) is 22.4 Å². The summed E-state index contributed by atoms with van der Waals surface area (Å²) in [5.41, 5.74) is 0. The van der Waals surface area contributed by atoms with Gasteiger partial charge in [-0.05, 0) is 0 Å². The number of hydrogen-bond donors (Lipinski definition) is 0. The van der Waals surface area contributed by atoms with Gasteiger partial charge in [-0.15, -0.1) is 0 Å². The summed E-state index contributed by atoms with van der Waals surface area (Å²) in [6, 6.07) is 1.30. The van der Waals surface area contributed by atoms with Gasteiger partial charge in [0.15, 0.2) is 0 Å². The molecule has 0 spiro atoms. The van der Waals surface area contributed by atoms with Gasteiger partial charge in [0.2, 0.25) is 0 Å². The fourth-order valence-corrected chi connectivity index (χ4v) is 16.4. The van der Waals surface area contributed by atoms with Crippen LogP contribution in [-0.4, -0.2) is 20.8 Å². The van der Waals surface area contributed by atoms with Gasteiger partial charge >= 0.3 is 97.5 Å². The van der Waals surface area contributed by atoms with Gasteiger partial charge in [0.25, 0.3) is 0 Å². The van der Waals surface area contributed by atoms with Gasteiger partial charge in [-0.2, -0.15) is 0 Å². The van der Waals surface area contributed by atoms with Crippen molar-refractivity contribution in [1.29, 1.82) is 5.26 Å². The molecule has 0 saturated heterocycles. The van der Waals surface area contributed by atoms with Gasteiger partial charge in [0, 0.05) is 0 Å². The normalized spacial score (nSPS) is 13.6. The summed E-state index contributed by atoms with van der Waals surface area (Å²) in [7, 11) is 0. The summed E-state index contributed by atoms with van der Waals surface area (Å²) < 4.78 is 6.89. The Hall–Kier alpha value is 0.728. The topological polar surface area (TPSA) is 33.0 Å². The predicted octanol–water partition coefficient (Wildman–Crippen LogP) is 4.28. The third kappa shape index (κ3) is 5.57. The van der Waals surface area contributed by atoms with Crippen LogP contribution in [0.3, 0.4) is 0 Å². The van der Waals surface area contributed by atoms with E-state index in [9.17, 15) is 0 Å². The molecule has 0 aliphatic rings. The first-order valence-corrected chi connectivity index (χ1v) is 11.5. The summed E-state index contributed by atoms with van der Waals surface area (Å²) in [6.45, 7) is 9.41. The monoisotopic (exact) mass is 297 g/mol. The van der Waals surface area contributed by atoms with Crippen LogP contribution in [0.4, 0.5) is 0 Å². The molecule has 1 atom stereocenters. The van der Waals surface area contributed by atoms with E-state index in [4.69, 9.17) is 21.0 Å². The summed E-state index contributed by atoms with van der Waals surface area (Å²) in [6.07, 6.45) is 0.448. The molecule has 0 aromatic rings. The minimum atomic E-state index is -1.09. The zero-order valence-corrected chi connectivity index (χ0v) is 12.7. The van der Waals surface area contributed by atoms with Crippen molar-refractivity contribution in [1.82, 2.24) is 0 Å². The van der Waals surface area contributed by atoms with Crippen molar-refractivity contribution >= 4 is 31.5 Å². The molecule has 0 heterocycles. The number of nitrogens with zero attached hydrogens (tertiary/aromatic N) is 1. The van der Waals surface area contributed by atoms with E-state index >= 15 is 0 Å². The van der Waals surface area contributed by atoms with E-state index < -0.39 is 20.3 Å². The fourth-order valence-electron chi connectivity index (χ4n) is 1.19. The molecule has 0 radical (unpaired) electrons. The predicted molar refractivity (Wildman–Crippen MR) is 64.9 cm³/mol. The van der Waals surface area contributed by atoms with Crippen LogP contribution in [0.25, 0.3) is 0 Å². The maximum absolute atomic E-state index is 8.38. The molecule has 0 aliphatic carbocycles. The number of rotatable bonds is 6. The van der Waals surface area contributed by atoms with Gasteiger partial charge < -0.3 is 0 Å². The molecule has 0 rings (SSSR count). The number of hydrogen-bond acceptors (Lipinski definition) is 2. The van der Waals surface area contributed by atoms with Crippen LogP contribution in [-0.2, 0) is 4.52 Å². The molecular formula is C9H18AsClNOP. The van der Waals surface area contributed by atoms with E-state index in [1.165, 1.54) is 0 Å². The van der Waals surface area contributed by atoms with Crippen molar-refractivity contribution in [2.24, 2.45) is 0 Å². The molecule has 0 bridgehead atoms. The Bertz CT molecular complexity index is 188. The van der Waals surface area contributed by atoms with Crippen molar-refractivity contribution < 1.29 is 4.52 Å². The van der Waals surface area contributed by atoms with Crippen LogP contribution in [0.5, 0.6) is 0 Å². The third-order valence-corrected chi connectivity index (χ3v) is 17.7. The van der Waals surface area contributed by atoms with E-state index in [1.807, 2.05) is 0 Å². The Morgan fingerprint density at radius 1 is 1.36 bits per heavy atom. The molecule has 1 unspecified atom stereocenters. The Balaban J connectivity index is 4.03. The molecule has 0 fully saturated rings. The second-order valence-corrected chi connectivity index (χ2v) is 17.3. The van der Waals surface area contributed by atoms with Gasteiger partial charge in [-0.25, -0.2) is 0 Å². The van der Waals surface area contributed by atoms with Crippen LogP contribution in [0.1, 0.15) is 34.1 Å². The molecule has 0 saturated carbocycles. The van der Waals surface area contributed by atoms with Gasteiger partial charge in [-0.1, -0.05) is 0 Å². The Morgan fingerprint density at radius 3 is 2.21 bits per heavy atom. The zero-order chi connectivity index (χ0) is 11.1. The quantitative estimate of drug-likeness (QED) is 0.416. The van der Waals surface area contributed by atoms with E-state index in [1.54, 1.807) is 0 Å². The second-order valence-electron chi connectivity index (χ2n) is 3.54. The van der Waals surface area contributed by atoms with Crippen molar-refractivity contribution in [2.75, 3.05) is 6.61 Å². The summed E-state index contributed by atoms with van der Waals surface area (Å²) in [5, 5.41) is 8.38. The first-order chi connectivity index (χ1) is 6.50. The van der Waals surface area contributed by atoms with Gasteiger partial charge in [0.05, 0.1) is 0 Å². The van der Waals surface area contributed by atoms with Gasteiger partial charge in [-0.3, -0.25) is 0 Å². The second kappa shape index (κ2) is 7.95. The van der Waals surface area contributed by atoms with Gasteiger partial charge in [0.1, 0.15) is 0 Å². The minimum absolute atomic E-state index is 0.448. The average Bonchev–Trinajstić information content (AvgIpc) is 2.03. The summed E-state index contributed by atoms with van der Waals surface area (Å²) >= 11 is 5.18. The van der Waals surface area contributed by atoms with Crippen molar-refractivity contribution in [3.05, 3.63) is 0 Å². The van der Waals surface area contributed by atoms with Crippen molar-refractivity contribution in [3.8, 4) is 6.07 Å². The van der Waals surface area contributed by atoms with Crippen LogP contribution in [0, 0.1) is 11.3 Å². The third-order valence-electron chi connectivity index (χ3n) is 1.65. The molecule has 14 heavy (non-hydrogen) atoms. The number of nitriles is 1. The molecule has 5 heteroatoms. The molecule has 0 aromatic heterocycles. The van der Waals surface area contributed by atoms with Crippen molar-refractivity contribution in [3.63, 3.8) is 0 Å². The van der Waals surface area contributed by atoms with E-state index in [-0.39, 0.29) is 0 Å². The Morgan fingerprint density at radius 2 is 1.86 bits per heavy atom. The molecule has 0 aromatic carbocycles. The average molecular weight is 298 g/mol.